The number of hydrogen-bond donors (Lipinski definition) is 0. The van der Waals surface area contributed by atoms with Gasteiger partial charge in [-0.1, -0.05) is 77.7 Å². The third-order valence-electron chi connectivity index (χ3n) is 9.91. The fourth-order valence-electron chi connectivity index (χ4n) is 8.40. The first-order chi connectivity index (χ1) is 12.9. The average molecular weight is 369 g/mol. The highest BCUT2D eigenvalue weighted by atomic mass is 14.6. The van der Waals surface area contributed by atoms with Crippen molar-refractivity contribution >= 4 is 0 Å². The molecule has 0 unspecified atom stereocenters. The molecule has 27 heavy (non-hydrogen) atoms. The molecule has 0 heterocycles. The monoisotopic (exact) mass is 368 g/mol. The molecule has 0 N–H and O–H groups in total. The third kappa shape index (κ3) is 3.28. The molecule has 4 rings (SSSR count). The van der Waals surface area contributed by atoms with Gasteiger partial charge in [-0.3, -0.25) is 0 Å². The molecule has 0 aliphatic heterocycles. The second kappa shape index (κ2) is 7.38. The van der Waals surface area contributed by atoms with E-state index in [4.69, 9.17) is 0 Å². The van der Waals surface area contributed by atoms with Crippen molar-refractivity contribution in [2.24, 2.45) is 46.3 Å². The molecular weight excluding hydrogens is 324 g/mol. The van der Waals surface area contributed by atoms with Crippen molar-refractivity contribution in [3.8, 4) is 0 Å². The van der Waals surface area contributed by atoms with E-state index >= 15 is 0 Å². The van der Waals surface area contributed by atoms with Crippen molar-refractivity contribution < 1.29 is 0 Å². The van der Waals surface area contributed by atoms with E-state index in [1.165, 1.54) is 64.2 Å². The Balaban J connectivity index is 1.48. The van der Waals surface area contributed by atoms with Crippen molar-refractivity contribution in [3.05, 3.63) is 23.8 Å². The van der Waals surface area contributed by atoms with Crippen molar-refractivity contribution in [2.75, 3.05) is 0 Å². The van der Waals surface area contributed by atoms with Gasteiger partial charge in [-0.25, -0.2) is 0 Å². The summed E-state index contributed by atoms with van der Waals surface area (Å²) in [6, 6.07) is 0. The van der Waals surface area contributed by atoms with Crippen molar-refractivity contribution in [1.82, 2.24) is 0 Å². The zero-order chi connectivity index (χ0) is 19.2. The van der Waals surface area contributed by atoms with Crippen molar-refractivity contribution in [3.63, 3.8) is 0 Å². The number of rotatable bonds is 5. The zero-order valence-corrected chi connectivity index (χ0v) is 18.8. The van der Waals surface area contributed by atoms with Crippen LogP contribution in [0.2, 0.25) is 0 Å². The topological polar surface area (TPSA) is 0 Å². The molecule has 3 saturated carbocycles. The SMILES string of the molecule is CC(C)CCC[C@@H](C)[C@H]1CC[C@H]2[C@@H]3CCC4=CC=CC[C@]4(C)[C@H]3CC[C@]12C. The third-order valence-corrected chi connectivity index (χ3v) is 9.91. The molecule has 0 bridgehead atoms. The second-order valence-corrected chi connectivity index (χ2v) is 11.7. The minimum Gasteiger partial charge on any atom is -0.0837 e. The summed E-state index contributed by atoms with van der Waals surface area (Å²) in [5.41, 5.74) is 2.91. The van der Waals surface area contributed by atoms with E-state index in [1.54, 1.807) is 5.57 Å². The van der Waals surface area contributed by atoms with E-state index in [1.807, 2.05) is 0 Å². The zero-order valence-electron chi connectivity index (χ0n) is 18.8. The van der Waals surface area contributed by atoms with Gasteiger partial charge in [-0.2, -0.15) is 0 Å². The molecule has 0 radical (unpaired) electrons. The summed E-state index contributed by atoms with van der Waals surface area (Å²) >= 11 is 0. The van der Waals surface area contributed by atoms with Gasteiger partial charge in [0.15, 0.2) is 0 Å². The van der Waals surface area contributed by atoms with E-state index in [2.05, 4.69) is 52.8 Å². The summed E-state index contributed by atoms with van der Waals surface area (Å²) in [6.45, 7) is 12.7. The molecule has 7 atom stereocenters. The Labute approximate surface area is 169 Å². The van der Waals surface area contributed by atoms with Crippen LogP contribution in [0.4, 0.5) is 0 Å². The van der Waals surface area contributed by atoms with Crippen LogP contribution in [0.15, 0.2) is 23.8 Å². The molecule has 4 aliphatic rings. The summed E-state index contributed by atoms with van der Waals surface area (Å²) in [4.78, 5) is 0. The average Bonchev–Trinajstić information content (AvgIpc) is 2.98. The molecule has 3 fully saturated rings. The molecule has 0 aromatic heterocycles. The smallest absolute Gasteiger partial charge is 0.00477 e. The van der Waals surface area contributed by atoms with E-state index in [0.717, 1.165) is 35.5 Å². The van der Waals surface area contributed by atoms with Gasteiger partial charge >= 0.3 is 0 Å². The Kier molecular flexibility index (Phi) is 5.41. The molecule has 0 aromatic carbocycles. The maximum Gasteiger partial charge on any atom is -0.00477 e. The van der Waals surface area contributed by atoms with Crippen LogP contribution in [0.3, 0.4) is 0 Å². The van der Waals surface area contributed by atoms with Gasteiger partial charge in [0.1, 0.15) is 0 Å². The summed E-state index contributed by atoms with van der Waals surface area (Å²) in [5, 5.41) is 0. The molecule has 0 nitrogen and oxygen atoms in total. The van der Waals surface area contributed by atoms with E-state index in [0.29, 0.717) is 10.8 Å². The van der Waals surface area contributed by atoms with Gasteiger partial charge in [0, 0.05) is 0 Å². The Bertz CT molecular complexity index is 595. The number of hydrogen-bond acceptors (Lipinski definition) is 0. The molecular formula is C27H44. The first kappa shape index (κ1) is 19.8. The quantitative estimate of drug-likeness (QED) is 0.459. The Hall–Kier alpha value is -0.520. The molecule has 0 spiro atoms. The minimum absolute atomic E-state index is 0.486. The van der Waals surface area contributed by atoms with Gasteiger partial charge < -0.3 is 0 Å². The fraction of sp³-hybridized carbons (Fsp3) is 0.852. The summed E-state index contributed by atoms with van der Waals surface area (Å²) in [5.74, 6) is 5.77. The highest BCUT2D eigenvalue weighted by molar-refractivity contribution is 5.30. The summed E-state index contributed by atoms with van der Waals surface area (Å²) in [6.07, 6.45) is 21.8. The fourth-order valence-corrected chi connectivity index (χ4v) is 8.40. The first-order valence-corrected chi connectivity index (χ1v) is 12.2. The lowest BCUT2D eigenvalue weighted by atomic mass is 9.47. The number of fused-ring (bicyclic) bond motifs is 5. The van der Waals surface area contributed by atoms with Crippen LogP contribution in [0.5, 0.6) is 0 Å². The van der Waals surface area contributed by atoms with Gasteiger partial charge in [0.2, 0.25) is 0 Å². The van der Waals surface area contributed by atoms with Crippen LogP contribution in [0.1, 0.15) is 98.8 Å². The molecule has 0 aromatic rings. The lowest BCUT2D eigenvalue weighted by Gasteiger charge is -2.58. The van der Waals surface area contributed by atoms with E-state index in [-0.39, 0.29) is 0 Å². The molecule has 0 saturated heterocycles. The highest BCUT2D eigenvalue weighted by Crippen LogP contribution is 2.67. The normalized spacial score (nSPS) is 44.4. The minimum atomic E-state index is 0.486. The Morgan fingerprint density at radius 1 is 1.00 bits per heavy atom. The van der Waals surface area contributed by atoms with E-state index in [9.17, 15) is 0 Å². The molecule has 4 aliphatic carbocycles. The molecule has 0 heteroatoms. The van der Waals surface area contributed by atoms with E-state index < -0.39 is 0 Å². The first-order valence-electron chi connectivity index (χ1n) is 12.2. The van der Waals surface area contributed by atoms with Crippen molar-refractivity contribution in [1.29, 1.82) is 0 Å². The number of allylic oxidation sites excluding steroid dienone is 4. The lowest BCUT2D eigenvalue weighted by Crippen LogP contribution is -2.50. The highest BCUT2D eigenvalue weighted by Gasteiger charge is 2.58. The summed E-state index contributed by atoms with van der Waals surface area (Å²) < 4.78 is 0. The van der Waals surface area contributed by atoms with Crippen LogP contribution in [-0.2, 0) is 0 Å². The largest absolute Gasteiger partial charge is 0.0837 e. The molecule has 0 amide bonds. The predicted molar refractivity (Wildman–Crippen MR) is 118 cm³/mol. The van der Waals surface area contributed by atoms with Crippen LogP contribution >= 0.6 is 0 Å². The Morgan fingerprint density at radius 3 is 2.59 bits per heavy atom. The van der Waals surface area contributed by atoms with Gasteiger partial charge in [-0.05, 0) is 91.3 Å². The maximum atomic E-state index is 2.72. The van der Waals surface area contributed by atoms with Gasteiger partial charge in [-0.15, -0.1) is 0 Å². The van der Waals surface area contributed by atoms with Crippen LogP contribution in [0, 0.1) is 46.3 Å². The lowest BCUT2D eigenvalue weighted by molar-refractivity contribution is -0.0547. The standard InChI is InChI=1S/C27H44/c1-19(2)9-8-10-20(3)23-14-15-24-22-13-12-21-11-6-7-17-26(21,4)25(22)16-18-27(23,24)5/h6-7,11,19-20,22-25H,8-10,12-18H2,1-5H3/t20-,22+,23-,24+,25+,26+,27-/m1/s1. The van der Waals surface area contributed by atoms with Crippen molar-refractivity contribution in [2.45, 2.75) is 98.8 Å². The van der Waals surface area contributed by atoms with Crippen LogP contribution in [-0.4, -0.2) is 0 Å². The second-order valence-electron chi connectivity index (χ2n) is 11.7. The van der Waals surface area contributed by atoms with Crippen LogP contribution in [0.25, 0.3) is 0 Å². The Morgan fingerprint density at radius 2 is 1.81 bits per heavy atom. The van der Waals surface area contributed by atoms with Gasteiger partial charge in [0.25, 0.3) is 0 Å². The van der Waals surface area contributed by atoms with Crippen LogP contribution < -0.4 is 0 Å². The molecule has 152 valence electrons. The van der Waals surface area contributed by atoms with Gasteiger partial charge in [0.05, 0.1) is 0 Å². The predicted octanol–water partition coefficient (Wildman–Crippen LogP) is 8.19. The maximum absolute atomic E-state index is 2.72. The summed E-state index contributed by atoms with van der Waals surface area (Å²) in [7, 11) is 0.